The number of nitrogens with zero attached hydrogens (tertiary/aromatic N) is 2. The highest BCUT2D eigenvalue weighted by atomic mass is 35.5. The van der Waals surface area contributed by atoms with Gasteiger partial charge in [0.1, 0.15) is 5.82 Å². The summed E-state index contributed by atoms with van der Waals surface area (Å²) in [5, 5.41) is 2.91. The molecule has 1 heterocycles. The van der Waals surface area contributed by atoms with Crippen molar-refractivity contribution in [2.24, 2.45) is 5.73 Å². The number of nitrogens with one attached hydrogen (secondary N) is 1. The minimum Gasteiger partial charge on any atom is -0.356 e. The van der Waals surface area contributed by atoms with Crippen molar-refractivity contribution in [3.8, 4) is 0 Å². The Labute approximate surface area is 143 Å². The second-order valence-corrected chi connectivity index (χ2v) is 4.75. The number of benzene rings is 1. The number of imidazole rings is 1. The number of aryl methyl sites for hydroxylation is 1. The topological polar surface area (TPSA) is 72.9 Å². The summed E-state index contributed by atoms with van der Waals surface area (Å²) in [4.78, 5) is 16.2. The lowest BCUT2D eigenvalue weighted by Gasteiger charge is -2.07. The fourth-order valence-electron chi connectivity index (χ4n) is 2.33. The van der Waals surface area contributed by atoms with Crippen molar-refractivity contribution in [2.45, 2.75) is 32.7 Å². The fraction of sp³-hybridized carbons (Fsp3) is 0.467. The normalized spacial score (nSPS) is 9.91. The van der Waals surface area contributed by atoms with E-state index in [9.17, 15) is 4.79 Å². The Hall–Kier alpha value is -1.30. The van der Waals surface area contributed by atoms with Gasteiger partial charge in [-0.15, -0.1) is 24.8 Å². The molecule has 0 aliphatic heterocycles. The number of hydrogen-bond acceptors (Lipinski definition) is 3. The fourth-order valence-corrected chi connectivity index (χ4v) is 2.33. The van der Waals surface area contributed by atoms with E-state index >= 15 is 0 Å². The maximum atomic E-state index is 11.5. The zero-order valence-corrected chi connectivity index (χ0v) is 14.4. The third kappa shape index (κ3) is 5.16. The van der Waals surface area contributed by atoms with Gasteiger partial charge in [-0.1, -0.05) is 12.1 Å². The van der Waals surface area contributed by atoms with Crippen molar-refractivity contribution in [1.82, 2.24) is 14.9 Å². The molecule has 0 bridgehead atoms. The van der Waals surface area contributed by atoms with E-state index in [0.29, 0.717) is 19.5 Å². The van der Waals surface area contributed by atoms with Gasteiger partial charge in [0.25, 0.3) is 0 Å². The van der Waals surface area contributed by atoms with Crippen LogP contribution in [0.25, 0.3) is 11.0 Å². The summed E-state index contributed by atoms with van der Waals surface area (Å²) in [6.07, 6.45) is 1.98. The van der Waals surface area contributed by atoms with Crippen LogP contribution in [0.1, 0.15) is 25.6 Å². The first-order valence-electron chi connectivity index (χ1n) is 7.17. The van der Waals surface area contributed by atoms with E-state index in [0.717, 1.165) is 36.2 Å². The number of nitrogens with two attached hydrogens (primary N) is 1. The van der Waals surface area contributed by atoms with E-state index in [4.69, 9.17) is 5.73 Å². The first-order chi connectivity index (χ1) is 9.76. The smallest absolute Gasteiger partial charge is 0.220 e. The molecule has 0 saturated carbocycles. The van der Waals surface area contributed by atoms with Gasteiger partial charge in [-0.25, -0.2) is 4.98 Å². The summed E-state index contributed by atoms with van der Waals surface area (Å²) in [7, 11) is 0. The van der Waals surface area contributed by atoms with Crippen molar-refractivity contribution in [2.75, 3.05) is 13.1 Å². The molecular weight excluding hydrogens is 323 g/mol. The second-order valence-electron chi connectivity index (χ2n) is 4.75. The molecule has 5 nitrogen and oxygen atoms in total. The molecule has 22 heavy (non-hydrogen) atoms. The summed E-state index contributed by atoms with van der Waals surface area (Å²) >= 11 is 0. The molecule has 2 rings (SSSR count). The molecular formula is C15H24Cl2N4O. The van der Waals surface area contributed by atoms with Crippen LogP contribution in [0.2, 0.25) is 0 Å². The molecule has 0 aliphatic carbocycles. The lowest BCUT2D eigenvalue weighted by molar-refractivity contribution is -0.121. The van der Waals surface area contributed by atoms with Gasteiger partial charge in [-0.05, 0) is 32.0 Å². The Morgan fingerprint density at radius 3 is 2.73 bits per heavy atom. The monoisotopic (exact) mass is 346 g/mol. The van der Waals surface area contributed by atoms with Gasteiger partial charge >= 0.3 is 0 Å². The summed E-state index contributed by atoms with van der Waals surface area (Å²) < 4.78 is 2.20. The molecule has 0 aliphatic rings. The molecule has 2 aromatic rings. The highest BCUT2D eigenvalue weighted by molar-refractivity contribution is 5.85. The predicted octanol–water partition coefficient (Wildman–Crippen LogP) is 2.30. The second kappa shape index (κ2) is 10.4. The van der Waals surface area contributed by atoms with Crippen LogP contribution in [-0.4, -0.2) is 28.5 Å². The third-order valence-electron chi connectivity index (χ3n) is 3.33. The summed E-state index contributed by atoms with van der Waals surface area (Å²) in [6, 6.07) is 8.11. The highest BCUT2D eigenvalue weighted by Gasteiger charge is 2.09. The van der Waals surface area contributed by atoms with E-state index < -0.39 is 0 Å². The lowest BCUT2D eigenvalue weighted by Crippen LogP contribution is -2.26. The zero-order chi connectivity index (χ0) is 14.4. The molecule has 1 aromatic carbocycles. The van der Waals surface area contributed by atoms with Crippen LogP contribution in [0.4, 0.5) is 0 Å². The first kappa shape index (κ1) is 20.7. The van der Waals surface area contributed by atoms with E-state index in [1.165, 1.54) is 0 Å². The van der Waals surface area contributed by atoms with Gasteiger partial charge in [-0.2, -0.15) is 0 Å². The largest absolute Gasteiger partial charge is 0.356 e. The third-order valence-corrected chi connectivity index (χ3v) is 3.33. The van der Waals surface area contributed by atoms with Crippen LogP contribution < -0.4 is 11.1 Å². The molecule has 1 aromatic heterocycles. The van der Waals surface area contributed by atoms with Crippen molar-refractivity contribution in [3.63, 3.8) is 0 Å². The van der Waals surface area contributed by atoms with Gasteiger partial charge in [0.05, 0.1) is 11.0 Å². The molecule has 0 radical (unpaired) electrons. The van der Waals surface area contributed by atoms with Crippen LogP contribution in [-0.2, 0) is 17.8 Å². The number of para-hydroxylation sites is 2. The molecule has 0 fully saturated rings. The molecule has 0 spiro atoms. The maximum Gasteiger partial charge on any atom is 0.220 e. The Kier molecular flexibility index (Phi) is 9.81. The minimum absolute atomic E-state index is 0. The highest BCUT2D eigenvalue weighted by Crippen LogP contribution is 2.15. The number of amides is 1. The van der Waals surface area contributed by atoms with E-state index in [1.54, 1.807) is 0 Å². The first-order valence-corrected chi connectivity index (χ1v) is 7.17. The number of fused-ring (bicyclic) bond motifs is 1. The van der Waals surface area contributed by atoms with Crippen molar-refractivity contribution >= 4 is 41.8 Å². The molecule has 3 N–H and O–H groups in total. The van der Waals surface area contributed by atoms with E-state index in [1.807, 2.05) is 18.2 Å². The molecule has 0 saturated heterocycles. The summed E-state index contributed by atoms with van der Waals surface area (Å²) in [5.41, 5.74) is 7.55. The number of hydrogen-bond donors (Lipinski definition) is 2. The van der Waals surface area contributed by atoms with Crippen LogP contribution in [0.5, 0.6) is 0 Å². The summed E-state index contributed by atoms with van der Waals surface area (Å²) in [6.45, 7) is 4.17. The molecule has 0 unspecified atom stereocenters. The Morgan fingerprint density at radius 2 is 2.05 bits per heavy atom. The maximum absolute atomic E-state index is 11.5. The average Bonchev–Trinajstić information content (AvgIpc) is 2.82. The molecule has 124 valence electrons. The van der Waals surface area contributed by atoms with Gasteiger partial charge in [0.2, 0.25) is 5.91 Å². The average molecular weight is 347 g/mol. The van der Waals surface area contributed by atoms with Crippen LogP contribution in [0.15, 0.2) is 24.3 Å². The zero-order valence-electron chi connectivity index (χ0n) is 12.7. The minimum atomic E-state index is 0. The number of carbonyl (C=O) groups excluding carboxylic acids is 1. The van der Waals surface area contributed by atoms with Crippen LogP contribution in [0, 0.1) is 0 Å². The van der Waals surface area contributed by atoms with Crippen molar-refractivity contribution in [3.05, 3.63) is 30.1 Å². The van der Waals surface area contributed by atoms with Gasteiger partial charge in [-0.3, -0.25) is 4.79 Å². The number of aromatic nitrogens is 2. The summed E-state index contributed by atoms with van der Waals surface area (Å²) in [5.74, 6) is 1.09. The Morgan fingerprint density at radius 1 is 1.32 bits per heavy atom. The SMILES string of the molecule is CCn1c(CCNC(=O)CCCN)nc2ccccc21.Cl.Cl. The van der Waals surface area contributed by atoms with Crippen molar-refractivity contribution in [1.29, 1.82) is 0 Å². The van der Waals surface area contributed by atoms with Crippen molar-refractivity contribution < 1.29 is 4.79 Å². The molecule has 1 amide bonds. The quantitative estimate of drug-likeness (QED) is 0.807. The number of rotatable bonds is 7. The van der Waals surface area contributed by atoms with Crippen LogP contribution in [0.3, 0.4) is 0 Å². The van der Waals surface area contributed by atoms with Gasteiger partial charge in [0.15, 0.2) is 0 Å². The Bertz CT molecular complexity index is 586. The lowest BCUT2D eigenvalue weighted by atomic mass is 10.3. The molecule has 0 atom stereocenters. The standard InChI is InChI=1S/C15H22N4O.2ClH/c1-2-19-13-7-4-3-6-12(13)18-14(19)9-11-17-15(20)8-5-10-16;;/h3-4,6-7H,2,5,8-11,16H2,1H3,(H,17,20);2*1H. The Balaban J connectivity index is 0.00000220. The number of carbonyl (C=O) groups is 1. The number of halogens is 2. The van der Waals surface area contributed by atoms with Gasteiger partial charge < -0.3 is 15.6 Å². The molecule has 7 heteroatoms. The predicted molar refractivity (Wildman–Crippen MR) is 94.9 cm³/mol. The van der Waals surface area contributed by atoms with E-state index in [2.05, 4.69) is 27.9 Å². The van der Waals surface area contributed by atoms with E-state index in [-0.39, 0.29) is 30.7 Å². The van der Waals surface area contributed by atoms with Crippen LogP contribution >= 0.6 is 24.8 Å². The van der Waals surface area contributed by atoms with Gasteiger partial charge in [0, 0.05) is 25.9 Å².